The highest BCUT2D eigenvalue weighted by Crippen LogP contribution is 2.37. The van der Waals surface area contributed by atoms with E-state index in [-0.39, 0.29) is 22.8 Å². The van der Waals surface area contributed by atoms with Crippen molar-refractivity contribution in [2.45, 2.75) is 0 Å². The Hall–Kier alpha value is -4.43. The Bertz CT molecular complexity index is 1020. The summed E-state index contributed by atoms with van der Waals surface area (Å²) in [5, 5.41) is 42.2. The molecule has 3 aromatic rings. The zero-order valence-corrected chi connectivity index (χ0v) is 12.4. The van der Waals surface area contributed by atoms with Gasteiger partial charge in [0.2, 0.25) is 5.82 Å². The maximum atomic E-state index is 11.0. The molecule has 0 bridgehead atoms. The van der Waals surface area contributed by atoms with Gasteiger partial charge in [-0.25, -0.2) is 0 Å². The Morgan fingerprint density at radius 3 is 2.19 bits per heavy atom. The number of hydrogen-bond donors (Lipinski definition) is 2. The van der Waals surface area contributed by atoms with Crippen LogP contribution in [0.4, 0.5) is 22.9 Å². The lowest BCUT2D eigenvalue weighted by atomic mass is 10.1. The highest BCUT2D eigenvalue weighted by Gasteiger charge is 2.28. The van der Waals surface area contributed by atoms with E-state index in [0.717, 1.165) is 18.3 Å². The summed E-state index contributed by atoms with van der Waals surface area (Å²) in [6, 6.07) is 1.84. The van der Waals surface area contributed by atoms with Crippen molar-refractivity contribution in [2.75, 3.05) is 5.73 Å². The van der Waals surface area contributed by atoms with Gasteiger partial charge in [-0.1, -0.05) is 10.3 Å². The summed E-state index contributed by atoms with van der Waals surface area (Å²) in [6.45, 7) is 0. The van der Waals surface area contributed by atoms with Gasteiger partial charge in [0.05, 0.1) is 21.6 Å². The minimum Gasteiger partial charge on any atom is -0.388 e. The van der Waals surface area contributed by atoms with Gasteiger partial charge in [-0.05, 0) is 4.92 Å². The molecule has 0 aliphatic heterocycles. The van der Waals surface area contributed by atoms with Crippen LogP contribution in [0, 0.1) is 30.3 Å². The highest BCUT2D eigenvalue weighted by molar-refractivity contribution is 5.78. The summed E-state index contributed by atoms with van der Waals surface area (Å²) in [4.78, 5) is 34.3. The van der Waals surface area contributed by atoms with Crippen LogP contribution in [0.1, 0.15) is 0 Å². The third kappa shape index (κ3) is 2.64. The molecule has 1 aromatic carbocycles. The number of H-pyrrole nitrogens is 1. The first-order valence-corrected chi connectivity index (χ1v) is 6.54. The average molecular weight is 362 g/mol. The lowest BCUT2D eigenvalue weighted by molar-refractivity contribution is -0.392. The molecule has 0 saturated heterocycles. The molecule has 132 valence electrons. The van der Waals surface area contributed by atoms with Gasteiger partial charge < -0.3 is 20.4 Å². The standard InChI is InChI=1S/C11H6N8O7/c12-8-6(17(20)21)1-4(2-7(8)18(22)23)11-14-9(16-26-11)5-3-13-15-10(5)19(24)25/h1-3H,12H2,(H,13,15). The van der Waals surface area contributed by atoms with Crippen LogP contribution in [0.5, 0.6) is 0 Å². The first-order chi connectivity index (χ1) is 12.3. The van der Waals surface area contributed by atoms with Gasteiger partial charge in [0.25, 0.3) is 17.3 Å². The van der Waals surface area contributed by atoms with Gasteiger partial charge in [0.1, 0.15) is 5.56 Å². The van der Waals surface area contributed by atoms with E-state index in [0.29, 0.717) is 0 Å². The Labute approximate surface area is 140 Å². The number of anilines is 1. The van der Waals surface area contributed by atoms with E-state index >= 15 is 0 Å². The van der Waals surface area contributed by atoms with Crippen LogP contribution in [-0.2, 0) is 0 Å². The van der Waals surface area contributed by atoms with Crippen LogP contribution in [0.3, 0.4) is 0 Å². The van der Waals surface area contributed by atoms with Gasteiger partial charge in [0.15, 0.2) is 5.69 Å². The molecule has 0 radical (unpaired) electrons. The van der Waals surface area contributed by atoms with Crippen molar-refractivity contribution in [3.05, 3.63) is 48.7 Å². The van der Waals surface area contributed by atoms with Crippen molar-refractivity contribution in [2.24, 2.45) is 0 Å². The predicted octanol–water partition coefficient (Wildman–Crippen LogP) is 1.43. The van der Waals surface area contributed by atoms with E-state index in [1.54, 1.807) is 0 Å². The number of benzene rings is 1. The fraction of sp³-hybridized carbons (Fsp3) is 0. The molecule has 3 rings (SSSR count). The smallest absolute Gasteiger partial charge is 0.353 e. The van der Waals surface area contributed by atoms with Crippen molar-refractivity contribution < 1.29 is 19.3 Å². The molecular weight excluding hydrogens is 356 g/mol. The summed E-state index contributed by atoms with van der Waals surface area (Å²) < 4.78 is 4.91. The first-order valence-electron chi connectivity index (χ1n) is 6.54. The quantitative estimate of drug-likeness (QED) is 0.375. The maximum Gasteiger partial charge on any atom is 0.353 e. The van der Waals surface area contributed by atoms with Crippen molar-refractivity contribution >= 4 is 22.9 Å². The van der Waals surface area contributed by atoms with Crippen molar-refractivity contribution in [3.63, 3.8) is 0 Å². The Kier molecular flexibility index (Phi) is 3.72. The monoisotopic (exact) mass is 362 g/mol. The van der Waals surface area contributed by atoms with Crippen LogP contribution < -0.4 is 5.73 Å². The van der Waals surface area contributed by atoms with E-state index in [1.165, 1.54) is 0 Å². The van der Waals surface area contributed by atoms with Crippen molar-refractivity contribution in [3.8, 4) is 22.8 Å². The van der Waals surface area contributed by atoms with E-state index in [1.807, 2.05) is 0 Å². The normalized spacial score (nSPS) is 10.6. The zero-order chi connectivity index (χ0) is 19.0. The summed E-state index contributed by atoms with van der Waals surface area (Å²) in [6.07, 6.45) is 1.08. The van der Waals surface area contributed by atoms with Gasteiger partial charge in [0, 0.05) is 12.1 Å². The van der Waals surface area contributed by atoms with Gasteiger partial charge in [-0.3, -0.25) is 20.2 Å². The number of nitrogens with one attached hydrogen (secondary N) is 1. The van der Waals surface area contributed by atoms with Gasteiger partial charge in [-0.15, -0.1) is 5.10 Å². The molecule has 0 saturated carbocycles. The van der Waals surface area contributed by atoms with Crippen LogP contribution in [0.15, 0.2) is 22.9 Å². The fourth-order valence-electron chi connectivity index (χ4n) is 2.08. The number of nitro benzene ring substituents is 2. The molecular formula is C11H6N8O7. The molecule has 0 aliphatic rings. The highest BCUT2D eigenvalue weighted by atomic mass is 16.6. The molecule has 0 amide bonds. The van der Waals surface area contributed by atoms with E-state index in [2.05, 4.69) is 20.3 Å². The summed E-state index contributed by atoms with van der Waals surface area (Å²) in [7, 11) is 0. The van der Waals surface area contributed by atoms with Crippen LogP contribution in [0.2, 0.25) is 0 Å². The number of nitrogens with two attached hydrogens (primary N) is 1. The molecule has 0 aliphatic carbocycles. The molecule has 0 spiro atoms. The largest absolute Gasteiger partial charge is 0.388 e. The third-order valence-corrected chi connectivity index (χ3v) is 3.25. The first kappa shape index (κ1) is 16.4. The molecule has 0 atom stereocenters. The summed E-state index contributed by atoms with van der Waals surface area (Å²) in [5.74, 6) is -1.06. The second-order valence-electron chi connectivity index (χ2n) is 4.75. The number of aromatic nitrogens is 4. The molecule has 2 heterocycles. The van der Waals surface area contributed by atoms with E-state index in [4.69, 9.17) is 10.3 Å². The zero-order valence-electron chi connectivity index (χ0n) is 12.4. The fourth-order valence-corrected chi connectivity index (χ4v) is 2.08. The molecule has 2 aromatic heterocycles. The lowest BCUT2D eigenvalue weighted by Gasteiger charge is -2.01. The number of hydrogen-bond acceptors (Lipinski definition) is 11. The van der Waals surface area contributed by atoms with Gasteiger partial charge >= 0.3 is 5.82 Å². The number of nitrogens with zero attached hydrogens (tertiary/aromatic N) is 6. The number of nitro groups is 3. The van der Waals surface area contributed by atoms with Crippen LogP contribution in [-0.4, -0.2) is 35.1 Å². The van der Waals surface area contributed by atoms with E-state index in [9.17, 15) is 30.3 Å². The van der Waals surface area contributed by atoms with Crippen LogP contribution in [0.25, 0.3) is 22.8 Å². The van der Waals surface area contributed by atoms with Crippen LogP contribution >= 0.6 is 0 Å². The second kappa shape index (κ2) is 5.89. The summed E-state index contributed by atoms with van der Waals surface area (Å²) >= 11 is 0. The van der Waals surface area contributed by atoms with E-state index < -0.39 is 37.6 Å². The number of rotatable bonds is 5. The average Bonchev–Trinajstić information content (AvgIpc) is 3.23. The number of nitrogen functional groups attached to an aromatic ring is 1. The minimum atomic E-state index is -0.899. The molecule has 3 N–H and O–H groups in total. The number of aromatic amines is 1. The minimum absolute atomic E-state index is 0.0931. The molecule has 0 unspecified atom stereocenters. The Balaban J connectivity index is 2.12. The van der Waals surface area contributed by atoms with Crippen molar-refractivity contribution in [1.82, 2.24) is 20.3 Å². The Morgan fingerprint density at radius 2 is 1.65 bits per heavy atom. The Morgan fingerprint density at radius 1 is 1.04 bits per heavy atom. The van der Waals surface area contributed by atoms with Gasteiger partial charge in [-0.2, -0.15) is 4.98 Å². The summed E-state index contributed by atoms with van der Waals surface area (Å²) in [5.41, 5.74) is 3.12. The molecule has 26 heavy (non-hydrogen) atoms. The second-order valence-corrected chi connectivity index (χ2v) is 4.75. The molecule has 15 heteroatoms. The topological polar surface area (TPSA) is 223 Å². The molecule has 15 nitrogen and oxygen atoms in total. The van der Waals surface area contributed by atoms with Crippen molar-refractivity contribution in [1.29, 1.82) is 0 Å². The third-order valence-electron chi connectivity index (χ3n) is 3.25. The molecule has 0 fully saturated rings. The predicted molar refractivity (Wildman–Crippen MR) is 81.7 cm³/mol. The SMILES string of the molecule is Nc1c([N+](=O)[O-])cc(-c2nc(-c3cn[nH]c3[N+](=O)[O-])no2)cc1[N+](=O)[O-]. The maximum absolute atomic E-state index is 11.0. The lowest BCUT2D eigenvalue weighted by Crippen LogP contribution is -2.01.